The van der Waals surface area contributed by atoms with Crippen molar-refractivity contribution in [3.63, 3.8) is 0 Å². The van der Waals surface area contributed by atoms with Crippen LogP contribution in [0.1, 0.15) is 63.0 Å². The lowest BCUT2D eigenvalue weighted by molar-refractivity contribution is -0.134. The van der Waals surface area contributed by atoms with Gasteiger partial charge in [0.2, 0.25) is 11.8 Å². The third kappa shape index (κ3) is 4.25. The number of rotatable bonds is 1. The minimum atomic E-state index is -0.396. The molecule has 1 aromatic carbocycles. The average molecular weight is 396 g/mol. The summed E-state index contributed by atoms with van der Waals surface area (Å²) in [5.41, 5.74) is 0.347. The van der Waals surface area contributed by atoms with Crippen molar-refractivity contribution in [2.75, 3.05) is 19.6 Å². The fourth-order valence-electron chi connectivity index (χ4n) is 5.21. The van der Waals surface area contributed by atoms with Crippen LogP contribution < -0.4 is 16.0 Å². The minimum absolute atomic E-state index is 0.0863. The van der Waals surface area contributed by atoms with Gasteiger partial charge in [-0.15, -0.1) is 0 Å². The Morgan fingerprint density at radius 1 is 0.828 bits per heavy atom. The highest BCUT2D eigenvalue weighted by Crippen LogP contribution is 2.41. The minimum Gasteiger partial charge on any atom is -0.353 e. The Morgan fingerprint density at radius 3 is 2.24 bits per heavy atom. The first kappa shape index (κ1) is 20.1. The molecule has 1 aliphatic carbocycles. The van der Waals surface area contributed by atoms with Crippen LogP contribution in [0.4, 0.5) is 0 Å². The van der Waals surface area contributed by atoms with Gasteiger partial charge in [-0.1, -0.05) is 61.7 Å². The second-order valence-electron chi connectivity index (χ2n) is 9.07. The first-order chi connectivity index (χ1) is 14.1. The summed E-state index contributed by atoms with van der Waals surface area (Å²) >= 11 is 0. The van der Waals surface area contributed by atoms with Crippen molar-refractivity contribution < 1.29 is 9.59 Å². The molecule has 2 spiro atoms. The first-order valence-electron chi connectivity index (χ1n) is 11.1. The van der Waals surface area contributed by atoms with Gasteiger partial charge in [0.1, 0.15) is 0 Å². The van der Waals surface area contributed by atoms with E-state index < -0.39 is 5.41 Å². The molecule has 1 aromatic rings. The number of amides is 2. The summed E-state index contributed by atoms with van der Waals surface area (Å²) in [7, 11) is 0. The third-order valence-corrected chi connectivity index (χ3v) is 7.18. The summed E-state index contributed by atoms with van der Waals surface area (Å²) in [6.45, 7) is 2.02. The maximum atomic E-state index is 13.3. The molecule has 2 amide bonds. The highest BCUT2D eigenvalue weighted by atomic mass is 16.2. The van der Waals surface area contributed by atoms with Crippen LogP contribution in [0.3, 0.4) is 0 Å². The standard InChI is InChI=1S/C24H33N3O2/c28-21-23(11-5-2-6-12-23)13-7-8-14-24(15-16-25-18-24)22(29)27-20(17-26-21)19-9-3-1-4-10-19/h1,3-4,7-10,20,25H,2,5-6,11-18H2,(H,26,28)(H,27,29)/b8-7+. The average Bonchev–Trinajstić information content (AvgIpc) is 3.25. The van der Waals surface area contributed by atoms with Crippen molar-refractivity contribution >= 4 is 11.8 Å². The number of allylic oxidation sites excluding steroid dienone is 2. The fourth-order valence-corrected chi connectivity index (χ4v) is 5.21. The van der Waals surface area contributed by atoms with Crippen LogP contribution in [0.5, 0.6) is 0 Å². The first-order valence-corrected chi connectivity index (χ1v) is 11.1. The molecular formula is C24H33N3O2. The summed E-state index contributed by atoms with van der Waals surface area (Å²) in [5, 5.41) is 9.85. The number of hydrogen-bond acceptors (Lipinski definition) is 3. The Balaban J connectivity index is 1.64. The molecule has 0 aromatic heterocycles. The zero-order valence-corrected chi connectivity index (χ0v) is 17.2. The lowest BCUT2D eigenvalue weighted by Gasteiger charge is -2.36. The van der Waals surface area contributed by atoms with Gasteiger partial charge in [0.15, 0.2) is 0 Å². The topological polar surface area (TPSA) is 70.2 Å². The smallest absolute Gasteiger partial charge is 0.228 e. The Kier molecular flexibility index (Phi) is 6.04. The van der Waals surface area contributed by atoms with Gasteiger partial charge in [-0.05, 0) is 44.2 Å². The van der Waals surface area contributed by atoms with Crippen LogP contribution in [0.2, 0.25) is 0 Å². The van der Waals surface area contributed by atoms with Crippen LogP contribution in [-0.2, 0) is 9.59 Å². The van der Waals surface area contributed by atoms with Gasteiger partial charge >= 0.3 is 0 Å². The molecule has 29 heavy (non-hydrogen) atoms. The zero-order chi connectivity index (χ0) is 20.2. The molecule has 1 saturated carbocycles. The molecule has 2 aliphatic heterocycles. The Hall–Kier alpha value is -2.14. The van der Waals surface area contributed by atoms with Crippen LogP contribution in [0, 0.1) is 10.8 Å². The molecule has 5 nitrogen and oxygen atoms in total. The van der Waals surface area contributed by atoms with E-state index in [4.69, 9.17) is 0 Å². The van der Waals surface area contributed by atoms with E-state index in [9.17, 15) is 9.59 Å². The monoisotopic (exact) mass is 395 g/mol. The molecule has 0 bridgehead atoms. The van der Waals surface area contributed by atoms with Gasteiger partial charge < -0.3 is 16.0 Å². The highest BCUT2D eigenvalue weighted by Gasteiger charge is 2.42. The molecular weight excluding hydrogens is 362 g/mol. The summed E-state index contributed by atoms with van der Waals surface area (Å²) in [6, 6.07) is 9.78. The molecule has 4 rings (SSSR count). The Bertz CT molecular complexity index is 747. The molecule has 0 radical (unpaired) electrons. The highest BCUT2D eigenvalue weighted by molar-refractivity contribution is 5.85. The van der Waals surface area contributed by atoms with Crippen molar-refractivity contribution in [3.8, 4) is 0 Å². The number of benzene rings is 1. The van der Waals surface area contributed by atoms with Crippen molar-refractivity contribution in [2.24, 2.45) is 10.8 Å². The Labute approximate surface area is 173 Å². The predicted molar refractivity (Wildman–Crippen MR) is 114 cm³/mol. The van der Waals surface area contributed by atoms with Crippen molar-refractivity contribution in [1.82, 2.24) is 16.0 Å². The van der Waals surface area contributed by atoms with Gasteiger partial charge in [-0.2, -0.15) is 0 Å². The molecule has 156 valence electrons. The largest absolute Gasteiger partial charge is 0.353 e. The summed E-state index contributed by atoms with van der Waals surface area (Å²) in [5.74, 6) is 0.234. The number of carbonyl (C=O) groups excluding carboxylic acids is 2. The fraction of sp³-hybridized carbons (Fsp3) is 0.583. The molecule has 2 fully saturated rings. The molecule has 3 aliphatic rings. The van der Waals surface area contributed by atoms with E-state index in [0.717, 1.165) is 57.1 Å². The summed E-state index contributed by atoms with van der Waals surface area (Å²) in [6.07, 6.45) is 12.0. The van der Waals surface area contributed by atoms with E-state index in [1.807, 2.05) is 30.3 Å². The van der Waals surface area contributed by atoms with Gasteiger partial charge in [0.05, 0.1) is 16.9 Å². The number of nitrogens with one attached hydrogen (secondary N) is 3. The summed E-state index contributed by atoms with van der Waals surface area (Å²) < 4.78 is 0. The summed E-state index contributed by atoms with van der Waals surface area (Å²) in [4.78, 5) is 26.6. The van der Waals surface area contributed by atoms with Crippen molar-refractivity contribution in [1.29, 1.82) is 0 Å². The number of hydrogen-bond donors (Lipinski definition) is 3. The van der Waals surface area contributed by atoms with Crippen LogP contribution in [0.25, 0.3) is 0 Å². The van der Waals surface area contributed by atoms with Gasteiger partial charge in [0.25, 0.3) is 0 Å². The van der Waals surface area contributed by atoms with E-state index in [0.29, 0.717) is 13.1 Å². The maximum absolute atomic E-state index is 13.3. The van der Waals surface area contributed by atoms with Gasteiger partial charge in [-0.25, -0.2) is 0 Å². The zero-order valence-electron chi connectivity index (χ0n) is 17.2. The van der Waals surface area contributed by atoms with Crippen LogP contribution in [0.15, 0.2) is 42.5 Å². The van der Waals surface area contributed by atoms with Crippen LogP contribution >= 0.6 is 0 Å². The van der Waals surface area contributed by atoms with Crippen molar-refractivity contribution in [3.05, 3.63) is 48.0 Å². The molecule has 1 saturated heterocycles. The second-order valence-corrected chi connectivity index (χ2v) is 9.07. The molecule has 2 unspecified atom stereocenters. The van der Waals surface area contributed by atoms with E-state index in [1.165, 1.54) is 6.42 Å². The quantitative estimate of drug-likeness (QED) is 0.640. The lowest BCUT2D eigenvalue weighted by Crippen LogP contribution is -2.49. The van der Waals surface area contributed by atoms with E-state index >= 15 is 0 Å². The molecule has 2 atom stereocenters. The van der Waals surface area contributed by atoms with Gasteiger partial charge in [-0.3, -0.25) is 9.59 Å². The third-order valence-electron chi connectivity index (χ3n) is 7.18. The van der Waals surface area contributed by atoms with Crippen LogP contribution in [-0.4, -0.2) is 31.4 Å². The SMILES string of the molecule is O=C1NCC(c2ccccc2)NC(=O)C2(C/C=C/CC13CCCCC3)CCNC2. The normalized spacial score (nSPS) is 31.5. The lowest BCUT2D eigenvalue weighted by atomic mass is 9.70. The maximum Gasteiger partial charge on any atom is 0.228 e. The second kappa shape index (κ2) is 8.70. The Morgan fingerprint density at radius 2 is 1.55 bits per heavy atom. The van der Waals surface area contributed by atoms with Gasteiger partial charge in [0, 0.05) is 13.1 Å². The predicted octanol–water partition coefficient (Wildman–Crippen LogP) is 3.24. The number of carbonyl (C=O) groups is 2. The van der Waals surface area contributed by atoms with E-state index in [1.54, 1.807) is 0 Å². The van der Waals surface area contributed by atoms with Crippen molar-refractivity contribution in [2.45, 2.75) is 57.4 Å². The molecule has 5 heteroatoms. The van der Waals surface area contributed by atoms with E-state index in [-0.39, 0.29) is 23.3 Å². The molecule has 3 N–H and O–H groups in total. The molecule has 2 heterocycles. The van der Waals surface area contributed by atoms with E-state index in [2.05, 4.69) is 28.1 Å².